The van der Waals surface area contributed by atoms with E-state index in [4.69, 9.17) is 4.52 Å². The van der Waals surface area contributed by atoms with Crippen LogP contribution >= 0.6 is 0 Å². The first-order valence-electron chi connectivity index (χ1n) is 8.03. The van der Waals surface area contributed by atoms with Gasteiger partial charge in [0.1, 0.15) is 5.52 Å². The molecule has 1 aromatic heterocycles. The van der Waals surface area contributed by atoms with E-state index in [-0.39, 0.29) is 5.91 Å². The lowest BCUT2D eigenvalue weighted by molar-refractivity contribution is 0.102. The minimum absolute atomic E-state index is 0.171. The minimum atomic E-state index is -0.171. The molecule has 0 aliphatic carbocycles. The number of anilines is 1. The Morgan fingerprint density at radius 1 is 0.960 bits per heavy atom. The van der Waals surface area contributed by atoms with E-state index < -0.39 is 0 Å². The molecule has 0 saturated carbocycles. The first-order valence-corrected chi connectivity index (χ1v) is 8.03. The molecule has 4 heteroatoms. The largest absolute Gasteiger partial charge is 0.355 e. The normalized spacial score (nSPS) is 10.8. The second-order valence-corrected chi connectivity index (χ2v) is 5.93. The number of rotatable bonds is 3. The van der Waals surface area contributed by atoms with Crippen molar-refractivity contribution >= 4 is 22.5 Å². The molecule has 0 fully saturated rings. The van der Waals surface area contributed by atoms with Crippen LogP contribution in [0, 0.1) is 6.92 Å². The number of nitrogens with zero attached hydrogens (tertiary/aromatic N) is 1. The van der Waals surface area contributed by atoms with E-state index in [1.807, 2.05) is 67.6 Å². The average molecular weight is 328 g/mol. The van der Waals surface area contributed by atoms with Crippen LogP contribution in [0.25, 0.3) is 22.2 Å². The Bertz CT molecular complexity index is 1030. The van der Waals surface area contributed by atoms with Crippen LogP contribution < -0.4 is 5.32 Å². The fourth-order valence-corrected chi connectivity index (χ4v) is 2.72. The van der Waals surface area contributed by atoms with Crippen LogP contribution in [0.3, 0.4) is 0 Å². The molecule has 0 bridgehead atoms. The summed E-state index contributed by atoms with van der Waals surface area (Å²) in [5.41, 5.74) is 4.08. The monoisotopic (exact) mass is 328 g/mol. The van der Waals surface area contributed by atoms with E-state index in [1.165, 1.54) is 0 Å². The van der Waals surface area contributed by atoms with Gasteiger partial charge >= 0.3 is 0 Å². The molecule has 0 saturated heterocycles. The molecule has 0 spiro atoms. The number of amides is 1. The molecule has 4 aromatic rings. The third-order valence-electron chi connectivity index (χ3n) is 4.09. The number of aryl methyl sites for hydroxylation is 1. The van der Waals surface area contributed by atoms with E-state index in [1.54, 1.807) is 12.1 Å². The summed E-state index contributed by atoms with van der Waals surface area (Å²) in [5, 5.41) is 7.88. The Labute approximate surface area is 145 Å². The summed E-state index contributed by atoms with van der Waals surface area (Å²) in [4.78, 5) is 12.4. The molecule has 1 heterocycles. The predicted octanol–water partition coefficient (Wildman–Crippen LogP) is 5.06. The van der Waals surface area contributed by atoms with E-state index >= 15 is 0 Å². The summed E-state index contributed by atoms with van der Waals surface area (Å²) in [5.74, 6) is 0.538. The topological polar surface area (TPSA) is 55.1 Å². The highest BCUT2D eigenvalue weighted by molar-refractivity contribution is 6.07. The van der Waals surface area contributed by atoms with Gasteiger partial charge < -0.3 is 9.84 Å². The van der Waals surface area contributed by atoms with E-state index in [9.17, 15) is 4.79 Å². The van der Waals surface area contributed by atoms with Gasteiger partial charge in [-0.05, 0) is 37.3 Å². The first-order chi connectivity index (χ1) is 12.2. The molecule has 0 aliphatic rings. The molecule has 3 aromatic carbocycles. The fraction of sp³-hybridized carbons (Fsp3) is 0.0476. The number of hydrogen-bond donors (Lipinski definition) is 1. The number of carbonyl (C=O) groups is 1. The Kier molecular flexibility index (Phi) is 3.78. The van der Waals surface area contributed by atoms with Gasteiger partial charge in [-0.1, -0.05) is 53.2 Å². The van der Waals surface area contributed by atoms with Gasteiger partial charge in [0.2, 0.25) is 0 Å². The van der Waals surface area contributed by atoms with Crippen molar-refractivity contribution in [3.05, 3.63) is 83.9 Å². The molecule has 1 N–H and O–H groups in total. The summed E-state index contributed by atoms with van der Waals surface area (Å²) in [6.45, 7) is 2.01. The molecule has 0 unspecified atom stereocenters. The second-order valence-electron chi connectivity index (χ2n) is 5.93. The van der Waals surface area contributed by atoms with E-state index in [2.05, 4.69) is 10.5 Å². The van der Waals surface area contributed by atoms with E-state index in [0.717, 1.165) is 22.2 Å². The fourth-order valence-electron chi connectivity index (χ4n) is 2.72. The van der Waals surface area contributed by atoms with Gasteiger partial charge in [-0.15, -0.1) is 0 Å². The highest BCUT2D eigenvalue weighted by Crippen LogP contribution is 2.29. The van der Waals surface area contributed by atoms with Crippen molar-refractivity contribution in [3.8, 4) is 11.3 Å². The van der Waals surface area contributed by atoms with E-state index in [0.29, 0.717) is 16.8 Å². The molecule has 0 atom stereocenters. The predicted molar refractivity (Wildman–Crippen MR) is 98.6 cm³/mol. The van der Waals surface area contributed by atoms with Crippen LogP contribution in [-0.2, 0) is 0 Å². The number of aromatic nitrogens is 1. The second kappa shape index (κ2) is 6.24. The molecule has 0 aliphatic heterocycles. The number of nitrogens with one attached hydrogen (secondary N) is 1. The highest BCUT2D eigenvalue weighted by Gasteiger charge is 2.13. The summed E-state index contributed by atoms with van der Waals surface area (Å²) >= 11 is 0. The highest BCUT2D eigenvalue weighted by atomic mass is 16.5. The zero-order chi connectivity index (χ0) is 17.2. The summed E-state index contributed by atoms with van der Waals surface area (Å²) < 4.78 is 5.49. The van der Waals surface area contributed by atoms with Crippen molar-refractivity contribution in [2.45, 2.75) is 6.92 Å². The lowest BCUT2D eigenvalue weighted by Gasteiger charge is -2.05. The molecule has 25 heavy (non-hydrogen) atoms. The quantitative estimate of drug-likeness (QED) is 0.572. The lowest BCUT2D eigenvalue weighted by Crippen LogP contribution is -2.11. The summed E-state index contributed by atoms with van der Waals surface area (Å²) in [6, 6.07) is 22.9. The van der Waals surface area contributed by atoms with Crippen molar-refractivity contribution in [1.82, 2.24) is 5.16 Å². The van der Waals surface area contributed by atoms with Gasteiger partial charge in [0.05, 0.1) is 0 Å². The zero-order valence-electron chi connectivity index (χ0n) is 13.7. The summed E-state index contributed by atoms with van der Waals surface area (Å²) in [7, 11) is 0. The SMILES string of the molecule is Cc1ccc(NC(=O)c2ccc3c(-c4ccccc4)onc3c2)cc1. The Balaban J connectivity index is 1.63. The molecule has 1 amide bonds. The number of hydrogen-bond acceptors (Lipinski definition) is 3. The number of fused-ring (bicyclic) bond motifs is 1. The maximum atomic E-state index is 12.4. The lowest BCUT2D eigenvalue weighted by atomic mass is 10.1. The maximum absolute atomic E-state index is 12.4. The van der Waals surface area contributed by atoms with Crippen LogP contribution in [0.15, 0.2) is 77.3 Å². The van der Waals surface area contributed by atoms with Crippen molar-refractivity contribution in [3.63, 3.8) is 0 Å². The van der Waals surface area contributed by atoms with Crippen LogP contribution in [0.1, 0.15) is 15.9 Å². The van der Waals surface area contributed by atoms with Gasteiger partial charge in [-0.3, -0.25) is 4.79 Å². The van der Waals surface area contributed by atoms with Crippen molar-refractivity contribution in [1.29, 1.82) is 0 Å². The summed E-state index contributed by atoms with van der Waals surface area (Å²) in [6.07, 6.45) is 0. The van der Waals surface area contributed by atoms with Gasteiger partial charge in [0.15, 0.2) is 5.76 Å². The average Bonchev–Trinajstić information content (AvgIpc) is 3.07. The Morgan fingerprint density at radius 3 is 2.48 bits per heavy atom. The number of carbonyl (C=O) groups excluding carboxylic acids is 1. The molecular formula is C21H16N2O2. The molecule has 4 nitrogen and oxygen atoms in total. The number of benzene rings is 3. The standard InChI is InChI=1S/C21H16N2O2/c1-14-7-10-17(11-8-14)22-21(24)16-9-12-18-19(13-16)23-25-20(18)15-5-3-2-4-6-15/h2-13H,1H3,(H,22,24). The van der Waals surface area contributed by atoms with Crippen LogP contribution in [0.4, 0.5) is 5.69 Å². The van der Waals surface area contributed by atoms with Gasteiger partial charge in [0, 0.05) is 22.2 Å². The zero-order valence-corrected chi connectivity index (χ0v) is 13.7. The first kappa shape index (κ1) is 15.1. The Morgan fingerprint density at radius 2 is 1.72 bits per heavy atom. The molecule has 4 rings (SSSR count). The van der Waals surface area contributed by atoms with Gasteiger partial charge in [-0.2, -0.15) is 0 Å². The maximum Gasteiger partial charge on any atom is 0.255 e. The minimum Gasteiger partial charge on any atom is -0.355 e. The van der Waals surface area contributed by atoms with Crippen LogP contribution in [0.5, 0.6) is 0 Å². The Hall–Kier alpha value is -3.40. The van der Waals surface area contributed by atoms with Crippen LogP contribution in [0.2, 0.25) is 0 Å². The molecule has 0 radical (unpaired) electrons. The third kappa shape index (κ3) is 3.02. The van der Waals surface area contributed by atoms with Crippen molar-refractivity contribution < 1.29 is 9.32 Å². The molecule has 122 valence electrons. The van der Waals surface area contributed by atoms with Gasteiger partial charge in [0.25, 0.3) is 5.91 Å². The molecular weight excluding hydrogens is 312 g/mol. The van der Waals surface area contributed by atoms with Crippen molar-refractivity contribution in [2.24, 2.45) is 0 Å². The smallest absolute Gasteiger partial charge is 0.255 e. The van der Waals surface area contributed by atoms with Crippen LogP contribution in [-0.4, -0.2) is 11.1 Å². The van der Waals surface area contributed by atoms with Crippen molar-refractivity contribution in [2.75, 3.05) is 5.32 Å². The van der Waals surface area contributed by atoms with Gasteiger partial charge in [-0.25, -0.2) is 0 Å². The third-order valence-corrected chi connectivity index (χ3v) is 4.09.